The summed E-state index contributed by atoms with van der Waals surface area (Å²) in [7, 11) is 2.08. The first kappa shape index (κ1) is 19.4. The number of hydrogen-bond donors (Lipinski definition) is 2. The van der Waals surface area contributed by atoms with Crippen LogP contribution in [0.1, 0.15) is 53.9 Å². The van der Waals surface area contributed by atoms with Crippen LogP contribution in [0.15, 0.2) is 24.3 Å². The molecule has 1 heterocycles. The number of fused-ring (bicyclic) bond motifs is 1. The number of para-hydroxylation sites is 1. The molecule has 4 rings (SSSR count). The first-order valence-corrected chi connectivity index (χ1v) is 10.7. The van der Waals surface area contributed by atoms with Gasteiger partial charge in [-0.2, -0.15) is 0 Å². The first-order valence-electron chi connectivity index (χ1n) is 9.86. The van der Waals surface area contributed by atoms with Crippen LogP contribution in [0.4, 0.5) is 5.69 Å². The summed E-state index contributed by atoms with van der Waals surface area (Å²) in [4.78, 5) is 21.6. The molecule has 1 aromatic heterocycles. The zero-order valence-corrected chi connectivity index (χ0v) is 17.5. The Morgan fingerprint density at radius 2 is 2.04 bits per heavy atom. The molecule has 3 N–H and O–H groups in total. The molecule has 1 saturated carbocycles. The van der Waals surface area contributed by atoms with Gasteiger partial charge in [0, 0.05) is 29.2 Å². The van der Waals surface area contributed by atoms with Gasteiger partial charge in [-0.3, -0.25) is 0 Å². The summed E-state index contributed by atoms with van der Waals surface area (Å²) in [5.74, 6) is 4.49. The maximum Gasteiger partial charge on any atom is 0.337 e. The van der Waals surface area contributed by atoms with Gasteiger partial charge in [0.25, 0.3) is 0 Å². The van der Waals surface area contributed by atoms with Gasteiger partial charge in [0.05, 0.1) is 16.5 Å². The lowest BCUT2D eigenvalue weighted by Crippen LogP contribution is -2.47. The number of anilines is 1. The maximum absolute atomic E-state index is 12.3. The fourth-order valence-electron chi connectivity index (χ4n) is 4.47. The molecule has 1 aromatic carbocycles. The number of carboxylic acids is 1. The van der Waals surface area contributed by atoms with Crippen molar-refractivity contribution in [2.75, 3.05) is 11.9 Å². The number of thiophene rings is 1. The van der Waals surface area contributed by atoms with Crippen molar-refractivity contribution in [1.29, 1.82) is 0 Å². The van der Waals surface area contributed by atoms with Crippen LogP contribution in [0.2, 0.25) is 0 Å². The van der Waals surface area contributed by atoms with Gasteiger partial charge >= 0.3 is 5.97 Å². The average Bonchev–Trinajstić information content (AvgIpc) is 2.98. The molecule has 2 aliphatic rings. The van der Waals surface area contributed by atoms with E-state index in [9.17, 15) is 9.90 Å². The Labute approximate surface area is 170 Å². The molecule has 0 atom stereocenters. The van der Waals surface area contributed by atoms with Crippen LogP contribution in [0.3, 0.4) is 0 Å². The van der Waals surface area contributed by atoms with Gasteiger partial charge in [0.1, 0.15) is 0 Å². The summed E-state index contributed by atoms with van der Waals surface area (Å²) in [6.45, 7) is 4.46. The minimum Gasteiger partial charge on any atom is -0.478 e. The average molecular weight is 401 g/mol. The Morgan fingerprint density at radius 1 is 1.32 bits per heavy atom. The minimum atomic E-state index is -0.817. The predicted octanol–water partition coefficient (Wildman–Crippen LogP) is 4.49. The van der Waals surface area contributed by atoms with E-state index in [-0.39, 0.29) is 11.5 Å². The van der Waals surface area contributed by atoms with E-state index >= 15 is 0 Å². The zero-order valence-electron chi connectivity index (χ0n) is 16.7. The second-order valence-electron chi connectivity index (χ2n) is 8.87. The number of nitrogens with two attached hydrogens (primary N) is 1. The van der Waals surface area contributed by atoms with E-state index < -0.39 is 5.97 Å². The highest BCUT2D eigenvalue weighted by molar-refractivity contribution is 7.16. The number of aromatic carboxylic acids is 1. The first-order chi connectivity index (χ1) is 13.3. The van der Waals surface area contributed by atoms with Crippen LogP contribution in [0.25, 0.3) is 10.4 Å². The van der Waals surface area contributed by atoms with E-state index in [2.05, 4.69) is 37.9 Å². The molecule has 6 heteroatoms. The normalized spacial score (nSPS) is 23.0. The van der Waals surface area contributed by atoms with Gasteiger partial charge < -0.3 is 14.8 Å². The summed E-state index contributed by atoms with van der Waals surface area (Å²) >= 11 is 1.67. The molecule has 0 unspecified atom stereocenters. The van der Waals surface area contributed by atoms with E-state index in [4.69, 9.17) is 10.7 Å². The molecule has 150 valence electrons. The molecule has 0 bridgehead atoms. The molecular formula is C22H28N2O3S. The van der Waals surface area contributed by atoms with E-state index in [1.807, 2.05) is 12.1 Å². The van der Waals surface area contributed by atoms with E-state index in [1.165, 1.54) is 4.88 Å². The Balaban J connectivity index is 1.77. The zero-order chi connectivity index (χ0) is 20.1. The number of nitrogens with zero attached hydrogens (tertiary/aromatic N) is 1. The Kier molecular flexibility index (Phi) is 4.98. The van der Waals surface area contributed by atoms with Crippen molar-refractivity contribution in [2.24, 2.45) is 11.3 Å². The Morgan fingerprint density at radius 3 is 2.71 bits per heavy atom. The lowest BCUT2D eigenvalue weighted by molar-refractivity contribution is -0.0105. The summed E-state index contributed by atoms with van der Waals surface area (Å²) in [5, 5.41) is 10.1. The number of hydrogen-bond acceptors (Lipinski definition) is 5. The summed E-state index contributed by atoms with van der Waals surface area (Å²) in [6.07, 6.45) is 4.79. The minimum absolute atomic E-state index is 0.116. The molecule has 5 nitrogen and oxygen atoms in total. The molecule has 1 fully saturated rings. The van der Waals surface area contributed by atoms with Crippen molar-refractivity contribution in [3.63, 3.8) is 0 Å². The molecule has 0 spiro atoms. The summed E-state index contributed by atoms with van der Waals surface area (Å²) in [6, 6.07) is 8.50. The van der Waals surface area contributed by atoms with E-state index in [0.29, 0.717) is 11.6 Å². The van der Waals surface area contributed by atoms with Gasteiger partial charge in [-0.05, 0) is 49.1 Å². The van der Waals surface area contributed by atoms with Gasteiger partial charge in [-0.15, -0.1) is 11.3 Å². The standard InChI is InChI=1S/C22H28N2O3S/c1-22(2)9-8-18-16(12-22)19(21(25)26)20(28-18)15-6-4-5-7-17(15)24(3)13-10-14(11-13)27-23/h4-7,13-14H,8-12,23H2,1-3H3,(H,25,26). The van der Waals surface area contributed by atoms with Crippen LogP contribution < -0.4 is 10.8 Å². The highest BCUT2D eigenvalue weighted by Crippen LogP contribution is 2.47. The highest BCUT2D eigenvalue weighted by atomic mass is 32.1. The number of carbonyl (C=O) groups is 1. The second-order valence-corrected chi connectivity index (χ2v) is 9.97. The fraction of sp³-hybridized carbons (Fsp3) is 0.500. The van der Waals surface area contributed by atoms with Crippen LogP contribution in [-0.2, 0) is 17.7 Å². The Bertz CT molecular complexity index is 899. The topological polar surface area (TPSA) is 75.8 Å². The van der Waals surface area contributed by atoms with Crippen molar-refractivity contribution in [1.82, 2.24) is 0 Å². The van der Waals surface area contributed by atoms with Crippen molar-refractivity contribution in [3.05, 3.63) is 40.3 Å². The van der Waals surface area contributed by atoms with E-state index in [1.54, 1.807) is 11.3 Å². The monoisotopic (exact) mass is 400 g/mol. The highest BCUT2D eigenvalue weighted by Gasteiger charge is 2.36. The van der Waals surface area contributed by atoms with Crippen LogP contribution in [0.5, 0.6) is 0 Å². The predicted molar refractivity (Wildman–Crippen MR) is 113 cm³/mol. The second kappa shape index (κ2) is 7.17. The van der Waals surface area contributed by atoms with Gasteiger partial charge in [0.2, 0.25) is 0 Å². The van der Waals surface area contributed by atoms with Crippen molar-refractivity contribution in [3.8, 4) is 10.4 Å². The number of aryl methyl sites for hydroxylation is 1. The SMILES string of the molecule is CN(c1ccccc1-c1sc2c(c1C(=O)O)CC(C)(C)CC2)C1CC(ON)C1. The molecule has 2 aromatic rings. The molecular weight excluding hydrogens is 372 g/mol. The quantitative estimate of drug-likeness (QED) is 0.724. The molecule has 28 heavy (non-hydrogen) atoms. The van der Waals surface area contributed by atoms with Crippen LogP contribution >= 0.6 is 11.3 Å². The van der Waals surface area contributed by atoms with Gasteiger partial charge in [0.15, 0.2) is 0 Å². The molecule has 0 amide bonds. The van der Waals surface area contributed by atoms with Crippen LogP contribution in [-0.4, -0.2) is 30.3 Å². The third kappa shape index (κ3) is 3.34. The molecule has 0 radical (unpaired) electrons. The smallest absolute Gasteiger partial charge is 0.337 e. The maximum atomic E-state index is 12.3. The van der Waals surface area contributed by atoms with Crippen molar-refractivity contribution < 1.29 is 14.7 Å². The van der Waals surface area contributed by atoms with E-state index in [0.717, 1.165) is 53.8 Å². The summed E-state index contributed by atoms with van der Waals surface area (Å²) < 4.78 is 0. The van der Waals surface area contributed by atoms with Crippen molar-refractivity contribution >= 4 is 23.0 Å². The fourth-order valence-corrected chi connectivity index (χ4v) is 5.81. The molecule has 0 saturated heterocycles. The third-order valence-corrected chi connectivity index (χ3v) is 7.65. The molecule has 0 aliphatic heterocycles. The molecule has 2 aliphatic carbocycles. The third-order valence-electron chi connectivity index (χ3n) is 6.33. The number of carboxylic acid groups (broad SMARTS) is 1. The van der Waals surface area contributed by atoms with Gasteiger partial charge in [-0.25, -0.2) is 10.7 Å². The largest absolute Gasteiger partial charge is 0.478 e. The van der Waals surface area contributed by atoms with Crippen LogP contribution in [0, 0.1) is 5.41 Å². The van der Waals surface area contributed by atoms with Gasteiger partial charge in [-0.1, -0.05) is 32.0 Å². The lowest BCUT2D eigenvalue weighted by atomic mass is 9.76. The summed E-state index contributed by atoms with van der Waals surface area (Å²) in [5.41, 5.74) is 3.78. The Hall–Kier alpha value is -1.89. The number of benzene rings is 1. The number of rotatable bonds is 5. The van der Waals surface area contributed by atoms with Crippen molar-refractivity contribution in [2.45, 2.75) is 58.1 Å². The lowest BCUT2D eigenvalue weighted by Gasteiger charge is -2.41.